The van der Waals surface area contributed by atoms with Gasteiger partial charge in [0.05, 0.1) is 5.56 Å². The first-order valence-electron chi connectivity index (χ1n) is 3.81. The number of ketones is 2. The van der Waals surface area contributed by atoms with Crippen LogP contribution in [0.25, 0.3) is 0 Å². The highest BCUT2D eigenvalue weighted by Crippen LogP contribution is 2.24. The number of carbonyl (C=O) groups is 2. The Bertz CT molecular complexity index is 436. The molecule has 2 rings (SSSR count). The van der Waals surface area contributed by atoms with Gasteiger partial charge in [-0.1, -0.05) is 11.6 Å². The molecular weight excluding hydrogens is 204 g/mol. The monoisotopic (exact) mass is 208 g/mol. The molecule has 0 radical (unpaired) electrons. The molecule has 0 bridgehead atoms. The third-order valence-corrected chi connectivity index (χ3v) is 2.37. The van der Waals surface area contributed by atoms with Crippen LogP contribution in [0.3, 0.4) is 0 Å². The number of Topliss-reactive ketones (excluding diaryl/α,β-unsaturated/α-hetero) is 2. The van der Waals surface area contributed by atoms with Crippen molar-refractivity contribution in [2.24, 2.45) is 5.73 Å². The van der Waals surface area contributed by atoms with Gasteiger partial charge in [-0.05, 0) is 6.07 Å². The van der Waals surface area contributed by atoms with Gasteiger partial charge in [0.15, 0.2) is 0 Å². The summed E-state index contributed by atoms with van der Waals surface area (Å²) >= 11 is 5.60. The van der Waals surface area contributed by atoms with Crippen molar-refractivity contribution < 1.29 is 9.59 Å². The van der Waals surface area contributed by atoms with E-state index >= 15 is 0 Å². The largest absolute Gasteiger partial charge is 0.394 e. The quantitative estimate of drug-likeness (QED) is 0.687. The van der Waals surface area contributed by atoms with Gasteiger partial charge in [-0.25, -0.2) is 0 Å². The number of rotatable bonds is 0. The minimum atomic E-state index is -0.452. The van der Waals surface area contributed by atoms with Crippen molar-refractivity contribution in [1.29, 1.82) is 0 Å². The second-order valence-electron chi connectivity index (χ2n) is 2.81. The van der Waals surface area contributed by atoms with Crippen molar-refractivity contribution in [3.8, 4) is 0 Å². The SMILES string of the molecule is NC1=C(Cl)C(=O)c2cnccc2C1=O. The number of aromatic nitrogens is 1. The molecule has 1 aliphatic carbocycles. The van der Waals surface area contributed by atoms with Gasteiger partial charge < -0.3 is 5.73 Å². The van der Waals surface area contributed by atoms with E-state index in [2.05, 4.69) is 4.98 Å². The minimum absolute atomic E-state index is 0.199. The molecule has 0 saturated carbocycles. The van der Waals surface area contributed by atoms with Crippen LogP contribution in [0, 0.1) is 0 Å². The van der Waals surface area contributed by atoms with Crippen molar-refractivity contribution in [3.05, 3.63) is 40.3 Å². The van der Waals surface area contributed by atoms with Crippen LogP contribution in [0.5, 0.6) is 0 Å². The molecule has 5 heteroatoms. The van der Waals surface area contributed by atoms with Crippen molar-refractivity contribution in [2.45, 2.75) is 0 Å². The highest BCUT2D eigenvalue weighted by atomic mass is 35.5. The van der Waals surface area contributed by atoms with E-state index in [9.17, 15) is 9.59 Å². The van der Waals surface area contributed by atoms with Crippen LogP contribution in [0.15, 0.2) is 29.2 Å². The van der Waals surface area contributed by atoms with Gasteiger partial charge in [0, 0.05) is 18.0 Å². The number of hydrogen-bond donors (Lipinski definition) is 1. The van der Waals surface area contributed by atoms with Gasteiger partial charge in [0.25, 0.3) is 0 Å². The predicted molar refractivity (Wildman–Crippen MR) is 50.0 cm³/mol. The fraction of sp³-hybridized carbons (Fsp3) is 0. The Morgan fingerprint density at radius 2 is 1.93 bits per heavy atom. The Morgan fingerprint density at radius 3 is 2.64 bits per heavy atom. The number of halogens is 1. The predicted octanol–water partition coefficient (Wildman–Crippen LogP) is 0.870. The van der Waals surface area contributed by atoms with E-state index in [4.69, 9.17) is 17.3 Å². The molecule has 1 aromatic heterocycles. The zero-order valence-corrected chi connectivity index (χ0v) is 7.71. The number of nitrogens with zero attached hydrogens (tertiary/aromatic N) is 1. The Hall–Kier alpha value is -1.68. The van der Waals surface area contributed by atoms with Gasteiger partial charge in [-0.15, -0.1) is 0 Å². The molecule has 0 saturated heterocycles. The van der Waals surface area contributed by atoms with Gasteiger partial charge >= 0.3 is 0 Å². The molecule has 0 unspecified atom stereocenters. The Balaban J connectivity index is 2.73. The molecule has 14 heavy (non-hydrogen) atoms. The summed E-state index contributed by atoms with van der Waals surface area (Å²) in [6, 6.07) is 1.45. The highest BCUT2D eigenvalue weighted by molar-refractivity contribution is 6.49. The van der Waals surface area contributed by atoms with E-state index in [0.717, 1.165) is 0 Å². The van der Waals surface area contributed by atoms with Gasteiger partial charge in [0.1, 0.15) is 10.7 Å². The fourth-order valence-electron chi connectivity index (χ4n) is 1.26. The number of hydrogen-bond acceptors (Lipinski definition) is 4. The summed E-state index contributed by atoms with van der Waals surface area (Å²) < 4.78 is 0. The lowest BCUT2D eigenvalue weighted by Crippen LogP contribution is -2.24. The first kappa shape index (κ1) is 8.90. The summed E-state index contributed by atoms with van der Waals surface area (Å²) in [7, 11) is 0. The summed E-state index contributed by atoms with van der Waals surface area (Å²) in [5.41, 5.74) is 5.65. The van der Waals surface area contributed by atoms with E-state index < -0.39 is 11.6 Å². The van der Waals surface area contributed by atoms with Crippen molar-refractivity contribution in [2.75, 3.05) is 0 Å². The summed E-state index contributed by atoms with van der Waals surface area (Å²) in [5, 5.41) is -0.226. The van der Waals surface area contributed by atoms with Crippen LogP contribution in [0.4, 0.5) is 0 Å². The van der Waals surface area contributed by atoms with Gasteiger partial charge in [0.2, 0.25) is 11.6 Å². The number of nitrogens with two attached hydrogens (primary N) is 1. The van der Waals surface area contributed by atoms with Crippen LogP contribution < -0.4 is 5.73 Å². The van der Waals surface area contributed by atoms with Crippen LogP contribution in [-0.4, -0.2) is 16.6 Å². The molecule has 0 aromatic carbocycles. The van der Waals surface area contributed by atoms with Crippen molar-refractivity contribution >= 4 is 23.2 Å². The molecule has 1 heterocycles. The van der Waals surface area contributed by atoms with E-state index in [0.29, 0.717) is 0 Å². The molecule has 1 aliphatic rings. The van der Waals surface area contributed by atoms with Crippen molar-refractivity contribution in [3.63, 3.8) is 0 Å². The Morgan fingerprint density at radius 1 is 1.21 bits per heavy atom. The fourth-order valence-corrected chi connectivity index (χ4v) is 1.45. The van der Waals surface area contributed by atoms with E-state index in [1.54, 1.807) is 0 Å². The molecule has 2 N–H and O–H groups in total. The van der Waals surface area contributed by atoms with E-state index in [1.807, 2.05) is 0 Å². The minimum Gasteiger partial charge on any atom is -0.394 e. The average molecular weight is 209 g/mol. The smallest absolute Gasteiger partial charge is 0.211 e. The Kier molecular flexibility index (Phi) is 1.86. The lowest BCUT2D eigenvalue weighted by atomic mass is 9.95. The maximum absolute atomic E-state index is 11.5. The summed E-state index contributed by atoms with van der Waals surface area (Å²) in [6.07, 6.45) is 2.74. The topological polar surface area (TPSA) is 73.1 Å². The van der Waals surface area contributed by atoms with Gasteiger partial charge in [-0.3, -0.25) is 14.6 Å². The Labute approximate surface area is 84.4 Å². The van der Waals surface area contributed by atoms with Crippen LogP contribution in [0.1, 0.15) is 20.7 Å². The zero-order chi connectivity index (χ0) is 10.3. The third kappa shape index (κ3) is 1.04. The van der Waals surface area contributed by atoms with Crippen molar-refractivity contribution in [1.82, 2.24) is 4.98 Å². The normalized spacial score (nSPS) is 15.8. The van der Waals surface area contributed by atoms with Crippen LogP contribution >= 0.6 is 11.6 Å². The lowest BCUT2D eigenvalue weighted by Gasteiger charge is -2.13. The van der Waals surface area contributed by atoms with E-state index in [1.165, 1.54) is 18.5 Å². The molecule has 0 atom stereocenters. The molecule has 1 aromatic rings. The highest BCUT2D eigenvalue weighted by Gasteiger charge is 2.29. The number of pyridine rings is 1. The molecule has 70 valence electrons. The third-order valence-electron chi connectivity index (χ3n) is 1.99. The maximum atomic E-state index is 11.5. The van der Waals surface area contributed by atoms with E-state index in [-0.39, 0.29) is 21.9 Å². The summed E-state index contributed by atoms with van der Waals surface area (Å²) in [4.78, 5) is 26.8. The first-order chi connectivity index (χ1) is 6.63. The molecule has 0 fully saturated rings. The molecule has 0 aliphatic heterocycles. The zero-order valence-electron chi connectivity index (χ0n) is 6.95. The maximum Gasteiger partial charge on any atom is 0.211 e. The number of carbonyl (C=O) groups excluding carboxylic acids is 2. The summed E-state index contributed by atoms with van der Waals surface area (Å²) in [5.74, 6) is -0.876. The first-order valence-corrected chi connectivity index (χ1v) is 4.19. The molecule has 0 amide bonds. The van der Waals surface area contributed by atoms with Gasteiger partial charge in [-0.2, -0.15) is 0 Å². The number of allylic oxidation sites excluding steroid dienone is 2. The van der Waals surface area contributed by atoms with Crippen LogP contribution in [-0.2, 0) is 0 Å². The second kappa shape index (κ2) is 2.92. The second-order valence-corrected chi connectivity index (χ2v) is 3.19. The number of fused-ring (bicyclic) bond motifs is 1. The molecule has 0 spiro atoms. The molecular formula is C9H5ClN2O2. The lowest BCUT2D eigenvalue weighted by molar-refractivity contribution is 0.0979. The standard InChI is InChI=1S/C9H5ClN2O2/c10-6-7(11)9(14)4-1-2-12-3-5(4)8(6)13/h1-3H,11H2. The average Bonchev–Trinajstić information content (AvgIpc) is 2.23. The summed E-state index contributed by atoms with van der Waals surface area (Å²) in [6.45, 7) is 0. The van der Waals surface area contributed by atoms with Crippen LogP contribution in [0.2, 0.25) is 0 Å². The molecule has 4 nitrogen and oxygen atoms in total.